The van der Waals surface area contributed by atoms with Gasteiger partial charge in [0.15, 0.2) is 0 Å². The molecule has 1 aromatic heterocycles. The van der Waals surface area contributed by atoms with Crippen molar-refractivity contribution in [3.8, 4) is 0 Å². The van der Waals surface area contributed by atoms with Gasteiger partial charge in [0, 0.05) is 5.92 Å². The highest BCUT2D eigenvalue weighted by Gasteiger charge is 2.50. The zero-order valence-electron chi connectivity index (χ0n) is 9.05. The molecule has 0 bridgehead atoms. The molecule has 1 aliphatic carbocycles. The maximum Gasteiger partial charge on any atom is 0.228 e. The number of hydrogen-bond donors (Lipinski definition) is 1. The van der Waals surface area contributed by atoms with Gasteiger partial charge in [-0.05, 0) is 33.8 Å². The van der Waals surface area contributed by atoms with E-state index in [1.807, 2.05) is 0 Å². The maximum atomic E-state index is 11.8. The van der Waals surface area contributed by atoms with E-state index in [2.05, 4.69) is 40.1 Å². The fourth-order valence-corrected chi connectivity index (χ4v) is 2.09. The predicted octanol–water partition coefficient (Wildman–Crippen LogP) is 3.48. The zero-order valence-corrected chi connectivity index (χ0v) is 11.4. The van der Waals surface area contributed by atoms with Gasteiger partial charge >= 0.3 is 0 Å². The van der Waals surface area contributed by atoms with Gasteiger partial charge in [-0.25, -0.2) is 4.98 Å². The molecular formula is C11H12BrClN2O. The van der Waals surface area contributed by atoms with Crippen molar-refractivity contribution in [3.63, 3.8) is 0 Å². The lowest BCUT2D eigenvalue weighted by molar-refractivity contribution is -0.118. The summed E-state index contributed by atoms with van der Waals surface area (Å²) in [5, 5.41) is 3.23. The van der Waals surface area contributed by atoms with Crippen molar-refractivity contribution in [2.75, 3.05) is 5.32 Å². The van der Waals surface area contributed by atoms with Gasteiger partial charge in [-0.2, -0.15) is 0 Å². The normalized spacial score (nSPS) is 21.6. The number of halogens is 2. The van der Waals surface area contributed by atoms with Crippen LogP contribution in [-0.2, 0) is 4.79 Å². The van der Waals surface area contributed by atoms with Crippen LogP contribution in [0.1, 0.15) is 20.3 Å². The molecule has 16 heavy (non-hydrogen) atoms. The van der Waals surface area contributed by atoms with Gasteiger partial charge in [-0.1, -0.05) is 25.4 Å². The Morgan fingerprint density at radius 1 is 1.69 bits per heavy atom. The highest BCUT2D eigenvalue weighted by Crippen LogP contribution is 2.52. The summed E-state index contributed by atoms with van der Waals surface area (Å²) >= 11 is 9.03. The lowest BCUT2D eigenvalue weighted by atomic mass is 10.1. The smallest absolute Gasteiger partial charge is 0.228 e. The summed E-state index contributed by atoms with van der Waals surface area (Å²) in [5.74, 6) is 0.169. The highest BCUT2D eigenvalue weighted by molar-refractivity contribution is 9.10. The van der Waals surface area contributed by atoms with E-state index in [1.165, 1.54) is 0 Å². The molecule has 1 heterocycles. The number of anilines is 1. The Morgan fingerprint density at radius 2 is 2.31 bits per heavy atom. The number of aromatic nitrogens is 1. The van der Waals surface area contributed by atoms with Crippen molar-refractivity contribution in [2.45, 2.75) is 20.3 Å². The number of carbonyl (C=O) groups is 1. The van der Waals surface area contributed by atoms with Crippen LogP contribution in [-0.4, -0.2) is 10.9 Å². The quantitative estimate of drug-likeness (QED) is 0.850. The summed E-state index contributed by atoms with van der Waals surface area (Å²) in [6.45, 7) is 4.18. The molecule has 2 rings (SSSR count). The molecule has 0 saturated heterocycles. The zero-order chi connectivity index (χ0) is 11.9. The maximum absolute atomic E-state index is 11.8. The van der Waals surface area contributed by atoms with Crippen LogP contribution in [0.2, 0.25) is 5.15 Å². The number of rotatable bonds is 2. The Morgan fingerprint density at radius 3 is 2.81 bits per heavy atom. The summed E-state index contributed by atoms with van der Waals surface area (Å²) < 4.78 is 0.682. The van der Waals surface area contributed by atoms with Crippen LogP contribution in [0.3, 0.4) is 0 Å². The van der Waals surface area contributed by atoms with Crippen molar-refractivity contribution in [2.24, 2.45) is 11.3 Å². The molecule has 0 aliphatic heterocycles. The van der Waals surface area contributed by atoms with Crippen LogP contribution in [0.5, 0.6) is 0 Å². The average Bonchev–Trinajstić information content (AvgIpc) is 2.82. The minimum atomic E-state index is 0.0565. The molecule has 5 heteroatoms. The summed E-state index contributed by atoms with van der Waals surface area (Å²) in [6, 6.07) is 1.75. The molecule has 0 aromatic carbocycles. The van der Waals surface area contributed by atoms with Crippen molar-refractivity contribution in [1.29, 1.82) is 0 Å². The topological polar surface area (TPSA) is 42.0 Å². The van der Waals surface area contributed by atoms with Crippen LogP contribution < -0.4 is 5.32 Å². The second-order valence-corrected chi connectivity index (χ2v) is 5.94. The van der Waals surface area contributed by atoms with E-state index in [0.29, 0.717) is 15.3 Å². The first-order chi connectivity index (χ1) is 7.40. The fraction of sp³-hybridized carbons (Fsp3) is 0.455. The lowest BCUT2D eigenvalue weighted by Gasteiger charge is -2.06. The van der Waals surface area contributed by atoms with Crippen molar-refractivity contribution < 1.29 is 4.79 Å². The van der Waals surface area contributed by atoms with Crippen LogP contribution in [0.25, 0.3) is 0 Å². The second-order valence-electron chi connectivity index (χ2n) is 4.73. The minimum absolute atomic E-state index is 0.0565. The first-order valence-corrected chi connectivity index (χ1v) is 6.19. The molecule has 1 unspecified atom stereocenters. The first-order valence-electron chi connectivity index (χ1n) is 5.02. The van der Waals surface area contributed by atoms with Crippen LogP contribution in [0.4, 0.5) is 5.69 Å². The third-order valence-corrected chi connectivity index (χ3v) is 4.03. The monoisotopic (exact) mass is 302 g/mol. The number of nitrogens with zero attached hydrogens (tertiary/aromatic N) is 1. The van der Waals surface area contributed by atoms with E-state index in [1.54, 1.807) is 12.3 Å². The predicted molar refractivity (Wildman–Crippen MR) is 67.5 cm³/mol. The van der Waals surface area contributed by atoms with E-state index in [-0.39, 0.29) is 17.2 Å². The third-order valence-electron chi connectivity index (χ3n) is 2.89. The van der Waals surface area contributed by atoms with E-state index < -0.39 is 0 Å². The van der Waals surface area contributed by atoms with Crippen LogP contribution in [0, 0.1) is 11.3 Å². The second kappa shape index (κ2) is 4.00. The SMILES string of the molecule is CC1(C)CC1C(=O)Nc1cnc(Cl)c(Br)c1. The highest BCUT2D eigenvalue weighted by atomic mass is 79.9. The van der Waals surface area contributed by atoms with Gasteiger partial charge < -0.3 is 5.32 Å². The number of carbonyl (C=O) groups excluding carboxylic acids is 1. The molecule has 1 amide bonds. The Kier molecular flexibility index (Phi) is 2.97. The Labute approximate surface area is 108 Å². The Hall–Kier alpha value is -0.610. The summed E-state index contributed by atoms with van der Waals surface area (Å²) in [7, 11) is 0. The molecule has 0 radical (unpaired) electrons. The van der Waals surface area contributed by atoms with E-state index in [4.69, 9.17) is 11.6 Å². The van der Waals surface area contributed by atoms with E-state index in [9.17, 15) is 4.79 Å². The van der Waals surface area contributed by atoms with Crippen LogP contribution in [0.15, 0.2) is 16.7 Å². The van der Waals surface area contributed by atoms with Gasteiger partial charge in [0.1, 0.15) is 5.15 Å². The van der Waals surface area contributed by atoms with Gasteiger partial charge in [-0.15, -0.1) is 0 Å². The van der Waals surface area contributed by atoms with Crippen molar-refractivity contribution >= 4 is 39.1 Å². The summed E-state index contributed by atoms with van der Waals surface area (Å²) in [6.07, 6.45) is 2.50. The largest absolute Gasteiger partial charge is 0.324 e. The first kappa shape index (κ1) is 11.9. The lowest BCUT2D eigenvalue weighted by Crippen LogP contribution is -2.16. The number of hydrogen-bond acceptors (Lipinski definition) is 2. The van der Waals surface area contributed by atoms with Crippen molar-refractivity contribution in [1.82, 2.24) is 4.98 Å². The fourth-order valence-electron chi connectivity index (χ4n) is 1.63. The van der Waals surface area contributed by atoms with Gasteiger partial charge in [0.2, 0.25) is 5.91 Å². The minimum Gasteiger partial charge on any atom is -0.324 e. The molecule has 3 nitrogen and oxygen atoms in total. The molecule has 0 spiro atoms. The van der Waals surface area contributed by atoms with Crippen LogP contribution >= 0.6 is 27.5 Å². The Balaban J connectivity index is 2.05. The van der Waals surface area contributed by atoms with Crippen molar-refractivity contribution in [3.05, 3.63) is 21.9 Å². The third kappa shape index (κ3) is 2.38. The summed E-state index contributed by atoms with van der Waals surface area (Å²) in [4.78, 5) is 15.8. The van der Waals surface area contributed by atoms with Gasteiger partial charge in [0.05, 0.1) is 16.4 Å². The number of amides is 1. The molecule has 1 N–H and O–H groups in total. The molecule has 1 fully saturated rings. The molecule has 1 aliphatic rings. The molecule has 1 aromatic rings. The van der Waals surface area contributed by atoms with E-state index >= 15 is 0 Å². The van der Waals surface area contributed by atoms with E-state index in [0.717, 1.165) is 6.42 Å². The number of pyridine rings is 1. The summed E-state index contributed by atoms with van der Waals surface area (Å²) in [5.41, 5.74) is 0.810. The molecule has 86 valence electrons. The Bertz CT molecular complexity index is 448. The van der Waals surface area contributed by atoms with Gasteiger partial charge in [0.25, 0.3) is 0 Å². The average molecular weight is 304 g/mol. The standard InChI is InChI=1S/C11H12BrClN2O/c1-11(2)4-7(11)10(16)15-6-3-8(12)9(13)14-5-6/h3,5,7H,4H2,1-2H3,(H,15,16). The molecular weight excluding hydrogens is 291 g/mol. The molecule has 1 saturated carbocycles. The molecule has 1 atom stereocenters. The number of nitrogens with one attached hydrogen (secondary N) is 1. The van der Waals surface area contributed by atoms with Gasteiger partial charge in [-0.3, -0.25) is 4.79 Å².